The molecule has 0 aromatic carbocycles. The van der Waals surface area contributed by atoms with Crippen molar-refractivity contribution < 1.29 is 32.7 Å². The van der Waals surface area contributed by atoms with Crippen LogP contribution in [0.15, 0.2) is 6.08 Å². The van der Waals surface area contributed by atoms with Gasteiger partial charge in [-0.05, 0) is 0 Å². The van der Waals surface area contributed by atoms with E-state index in [0.29, 0.717) is 0 Å². The summed E-state index contributed by atoms with van der Waals surface area (Å²) in [5, 5.41) is 0. The van der Waals surface area contributed by atoms with Crippen LogP contribution < -0.4 is 0 Å². The van der Waals surface area contributed by atoms with Crippen molar-refractivity contribution >= 4 is 0 Å². The quantitative estimate of drug-likeness (QED) is 0.490. The Morgan fingerprint density at radius 3 is 1.43 bits per heavy atom. The normalized spacial score (nSPS) is 9.57. The maximum atomic E-state index is 5.18. The Morgan fingerprint density at radius 2 is 1.43 bits per heavy atom. The van der Waals surface area contributed by atoms with Gasteiger partial charge in [-0.2, -0.15) is 0 Å². The second kappa shape index (κ2) is 3.80. The molecule has 1 radical (unpaired) electrons. The molecule has 0 bridgehead atoms. The van der Waals surface area contributed by atoms with Crippen LogP contribution in [0.4, 0.5) is 0 Å². The first-order chi connectivity index (χ1) is 2.56. The molecule has 0 aromatic heterocycles. The fraction of sp³-hybridized carbons (Fsp3) is 0.667. The van der Waals surface area contributed by atoms with Crippen LogP contribution in [0.25, 0.3) is 0 Å². The Labute approximate surface area is 71.3 Å². The third-order valence-electron chi connectivity index (χ3n) is 0.500. The van der Waals surface area contributed by atoms with Crippen molar-refractivity contribution in [2.45, 2.75) is 20.8 Å². The standard InChI is InChI=1S/C6H11.Y/c1-5-6(2,3)4;/h1,5H,2-4H3;/q-1;. The molecule has 39 valence electrons. The summed E-state index contributed by atoms with van der Waals surface area (Å²) in [7, 11) is 0. The number of hydrogen-bond acceptors (Lipinski definition) is 0. The Morgan fingerprint density at radius 1 is 1.29 bits per heavy atom. The van der Waals surface area contributed by atoms with Crippen molar-refractivity contribution in [1.82, 2.24) is 0 Å². The van der Waals surface area contributed by atoms with E-state index in [1.165, 1.54) is 0 Å². The molecule has 0 heterocycles. The van der Waals surface area contributed by atoms with Crippen LogP contribution in [0, 0.1) is 12.0 Å². The van der Waals surface area contributed by atoms with Crippen molar-refractivity contribution in [3.05, 3.63) is 12.7 Å². The van der Waals surface area contributed by atoms with Gasteiger partial charge in [0.15, 0.2) is 0 Å². The smallest absolute Gasteiger partial charge is 0 e. The van der Waals surface area contributed by atoms with Gasteiger partial charge in [0.25, 0.3) is 0 Å². The summed E-state index contributed by atoms with van der Waals surface area (Å²) in [6.07, 6.45) is 1.69. The fourth-order valence-electron chi connectivity index (χ4n) is 0. The van der Waals surface area contributed by atoms with Gasteiger partial charge in [0.05, 0.1) is 0 Å². The summed E-state index contributed by atoms with van der Waals surface area (Å²) in [6.45, 7) is 11.4. The van der Waals surface area contributed by atoms with Gasteiger partial charge in [0.2, 0.25) is 0 Å². The summed E-state index contributed by atoms with van der Waals surface area (Å²) in [5.41, 5.74) is 0.194. The second-order valence-corrected chi connectivity index (χ2v) is 2.53. The summed E-state index contributed by atoms with van der Waals surface area (Å²) in [6, 6.07) is 0. The predicted molar refractivity (Wildman–Crippen MR) is 28.3 cm³/mol. The molecule has 0 aromatic rings. The Kier molecular flexibility index (Phi) is 5.84. The molecular formula is C6H11Y-. The van der Waals surface area contributed by atoms with Crippen LogP contribution in [0.1, 0.15) is 20.8 Å². The van der Waals surface area contributed by atoms with Gasteiger partial charge in [0.1, 0.15) is 0 Å². The third kappa shape index (κ3) is 10.9. The van der Waals surface area contributed by atoms with Gasteiger partial charge in [-0.1, -0.05) is 26.2 Å². The molecule has 0 N–H and O–H groups in total. The van der Waals surface area contributed by atoms with E-state index in [1.54, 1.807) is 6.08 Å². The first-order valence-electron chi connectivity index (χ1n) is 2.12. The van der Waals surface area contributed by atoms with Gasteiger partial charge < -0.3 is 6.58 Å². The van der Waals surface area contributed by atoms with E-state index in [1.807, 2.05) is 0 Å². The van der Waals surface area contributed by atoms with Gasteiger partial charge in [-0.25, -0.2) is 0 Å². The summed E-state index contributed by atoms with van der Waals surface area (Å²) in [4.78, 5) is 0. The first kappa shape index (κ1) is 10.8. The van der Waals surface area contributed by atoms with Crippen molar-refractivity contribution in [3.63, 3.8) is 0 Å². The Hall–Kier alpha value is 0.844. The van der Waals surface area contributed by atoms with Gasteiger partial charge >= 0.3 is 0 Å². The summed E-state index contributed by atoms with van der Waals surface area (Å²) < 4.78 is 0. The molecule has 0 aliphatic carbocycles. The number of hydrogen-bond donors (Lipinski definition) is 0. The zero-order chi connectivity index (χ0) is 5.21. The van der Waals surface area contributed by atoms with Gasteiger partial charge in [-0.3, -0.25) is 6.08 Å². The Bertz CT molecular complexity index is 49.7. The van der Waals surface area contributed by atoms with Crippen LogP contribution in [0.5, 0.6) is 0 Å². The number of allylic oxidation sites excluding steroid dienone is 1. The van der Waals surface area contributed by atoms with E-state index in [-0.39, 0.29) is 38.1 Å². The van der Waals surface area contributed by atoms with E-state index in [4.69, 9.17) is 6.58 Å². The SMILES string of the molecule is [CH-]=CC(C)(C)C.[Y]. The van der Waals surface area contributed by atoms with Crippen molar-refractivity contribution in [2.75, 3.05) is 0 Å². The molecule has 0 fully saturated rings. The second-order valence-electron chi connectivity index (χ2n) is 2.53. The monoisotopic (exact) mass is 172 g/mol. The van der Waals surface area contributed by atoms with Crippen LogP contribution in [0.2, 0.25) is 0 Å². The molecule has 7 heavy (non-hydrogen) atoms. The third-order valence-corrected chi connectivity index (χ3v) is 0.500. The molecule has 1 heteroatoms. The van der Waals surface area contributed by atoms with E-state index in [9.17, 15) is 0 Å². The van der Waals surface area contributed by atoms with Crippen molar-refractivity contribution in [3.8, 4) is 0 Å². The molecule has 0 spiro atoms. The van der Waals surface area contributed by atoms with Gasteiger partial charge in [0, 0.05) is 32.7 Å². The largest absolute Gasteiger partial charge is 0.517 e. The minimum absolute atomic E-state index is 0. The fourth-order valence-corrected chi connectivity index (χ4v) is 0. The molecule has 0 atom stereocenters. The maximum Gasteiger partial charge on any atom is 0 e. The van der Waals surface area contributed by atoms with Crippen LogP contribution in [-0.4, -0.2) is 0 Å². The molecular weight excluding hydrogens is 161 g/mol. The molecule has 0 rings (SSSR count). The summed E-state index contributed by atoms with van der Waals surface area (Å²) >= 11 is 0. The molecule has 0 aliphatic heterocycles. The van der Waals surface area contributed by atoms with E-state index < -0.39 is 0 Å². The molecule has 0 nitrogen and oxygen atoms in total. The van der Waals surface area contributed by atoms with Gasteiger partial charge in [-0.15, -0.1) is 0 Å². The molecule has 0 saturated carbocycles. The molecule has 0 saturated heterocycles. The van der Waals surface area contributed by atoms with E-state index in [2.05, 4.69) is 20.8 Å². The zero-order valence-corrected chi connectivity index (χ0v) is 8.07. The maximum absolute atomic E-state index is 5.18. The number of rotatable bonds is 0. The van der Waals surface area contributed by atoms with Crippen molar-refractivity contribution in [1.29, 1.82) is 0 Å². The van der Waals surface area contributed by atoms with Crippen molar-refractivity contribution in [2.24, 2.45) is 5.41 Å². The molecule has 0 unspecified atom stereocenters. The van der Waals surface area contributed by atoms with E-state index >= 15 is 0 Å². The summed E-state index contributed by atoms with van der Waals surface area (Å²) in [5.74, 6) is 0. The minimum atomic E-state index is 0. The average Bonchev–Trinajstić information content (AvgIpc) is 1.35. The topological polar surface area (TPSA) is 0 Å². The van der Waals surface area contributed by atoms with Crippen LogP contribution >= 0.6 is 0 Å². The van der Waals surface area contributed by atoms with Crippen LogP contribution in [0.3, 0.4) is 0 Å². The predicted octanol–water partition coefficient (Wildman–Crippen LogP) is 2.02. The zero-order valence-electron chi connectivity index (χ0n) is 5.23. The minimum Gasteiger partial charge on any atom is -0.517 e. The van der Waals surface area contributed by atoms with E-state index in [0.717, 1.165) is 0 Å². The Balaban J connectivity index is 0. The average molecular weight is 172 g/mol. The van der Waals surface area contributed by atoms with Crippen LogP contribution in [-0.2, 0) is 32.7 Å². The molecule has 0 amide bonds. The first-order valence-corrected chi connectivity index (χ1v) is 2.12. The molecule has 0 aliphatic rings.